The first kappa shape index (κ1) is 19.3. The zero-order valence-corrected chi connectivity index (χ0v) is 16.4. The van der Waals surface area contributed by atoms with E-state index >= 15 is 0 Å². The zero-order valence-electron chi connectivity index (χ0n) is 13.2. The lowest BCUT2D eigenvalue weighted by Crippen LogP contribution is -2.54. The Labute approximate surface area is 159 Å². The van der Waals surface area contributed by atoms with E-state index < -0.39 is 5.54 Å². The van der Waals surface area contributed by atoms with Crippen molar-refractivity contribution in [2.75, 3.05) is 18.5 Å². The summed E-state index contributed by atoms with van der Waals surface area (Å²) in [5, 5.41) is 3.46. The van der Waals surface area contributed by atoms with E-state index in [1.807, 2.05) is 31.2 Å². The van der Waals surface area contributed by atoms with Crippen LogP contribution in [0.4, 0.5) is 5.13 Å². The predicted molar refractivity (Wildman–Crippen MR) is 103 cm³/mol. The minimum Gasteiger partial charge on any atom is -0.381 e. The lowest BCUT2D eigenvalue weighted by Gasteiger charge is -2.31. The Bertz CT molecular complexity index is 715. The van der Waals surface area contributed by atoms with Crippen LogP contribution in [0.15, 0.2) is 28.7 Å². The summed E-state index contributed by atoms with van der Waals surface area (Å²) in [6.45, 7) is 3.04. The highest BCUT2D eigenvalue weighted by atomic mass is 79.9. The number of hydrogen-bond acceptors (Lipinski definition) is 5. The van der Waals surface area contributed by atoms with E-state index in [1.165, 1.54) is 11.3 Å². The van der Waals surface area contributed by atoms with Gasteiger partial charge >= 0.3 is 0 Å². The summed E-state index contributed by atoms with van der Waals surface area (Å²) in [4.78, 5) is 18.1. The van der Waals surface area contributed by atoms with Crippen LogP contribution >= 0.6 is 39.7 Å². The van der Waals surface area contributed by atoms with Crippen molar-refractivity contribution in [1.82, 2.24) is 4.98 Å². The average molecular weight is 433 g/mol. The molecule has 1 aromatic heterocycles. The van der Waals surface area contributed by atoms with Crippen LogP contribution in [0.2, 0.25) is 0 Å². The number of halogens is 2. The summed E-state index contributed by atoms with van der Waals surface area (Å²) in [6.07, 6.45) is 1.06. The van der Waals surface area contributed by atoms with Crippen LogP contribution in [0.1, 0.15) is 17.7 Å². The quantitative estimate of drug-likeness (QED) is 0.774. The molecule has 130 valence electrons. The first-order chi connectivity index (χ1) is 11.0. The molecule has 0 radical (unpaired) electrons. The smallest absolute Gasteiger partial charge is 0.246 e. The number of benzene rings is 1. The maximum Gasteiger partial charge on any atom is 0.246 e. The molecule has 1 amide bonds. The van der Waals surface area contributed by atoms with Crippen LogP contribution in [0, 0.1) is 6.92 Å². The molecular formula is C16H19BrClN3O2S. The van der Waals surface area contributed by atoms with Crippen molar-refractivity contribution in [1.29, 1.82) is 0 Å². The van der Waals surface area contributed by atoms with Crippen molar-refractivity contribution >= 4 is 50.7 Å². The Hall–Kier alpha value is -0.990. The maximum absolute atomic E-state index is 12.5. The summed E-state index contributed by atoms with van der Waals surface area (Å²) in [7, 11) is 0. The fourth-order valence-electron chi connectivity index (χ4n) is 2.51. The first-order valence-corrected chi connectivity index (χ1v) is 9.00. The number of amides is 1. The molecular weight excluding hydrogens is 414 g/mol. The number of nitrogens with zero attached hydrogens (tertiary/aromatic N) is 1. The topological polar surface area (TPSA) is 77.2 Å². The lowest BCUT2D eigenvalue weighted by molar-refractivity contribution is -0.124. The standard InChI is InChI=1S/C16H18BrN3O2S.ClH/c1-10-13(11-2-4-12(17)5-3-11)19-15(23-10)20-14(21)16(18)6-8-22-9-7-16;/h2-5H,6-9,18H2,1H3,(H,19,20,21);1H. The van der Waals surface area contributed by atoms with Gasteiger partial charge in [-0.2, -0.15) is 0 Å². The Morgan fingerprint density at radius 1 is 1.33 bits per heavy atom. The molecule has 1 fully saturated rings. The van der Waals surface area contributed by atoms with Crippen LogP contribution < -0.4 is 11.1 Å². The van der Waals surface area contributed by atoms with Gasteiger partial charge in [0.05, 0.1) is 5.69 Å². The fourth-order valence-corrected chi connectivity index (χ4v) is 3.60. The zero-order chi connectivity index (χ0) is 16.4. The number of hydrogen-bond donors (Lipinski definition) is 2. The molecule has 8 heteroatoms. The van der Waals surface area contributed by atoms with Gasteiger partial charge in [0.15, 0.2) is 5.13 Å². The third-order valence-electron chi connectivity index (χ3n) is 3.97. The van der Waals surface area contributed by atoms with Crippen LogP contribution in [0.5, 0.6) is 0 Å². The molecule has 0 atom stereocenters. The highest BCUT2D eigenvalue weighted by molar-refractivity contribution is 9.10. The molecule has 0 bridgehead atoms. The largest absolute Gasteiger partial charge is 0.381 e. The molecule has 3 N–H and O–H groups in total. The maximum atomic E-state index is 12.5. The summed E-state index contributed by atoms with van der Waals surface area (Å²) in [6, 6.07) is 7.95. The number of rotatable bonds is 3. The van der Waals surface area contributed by atoms with Gasteiger partial charge in [0.25, 0.3) is 0 Å². The van der Waals surface area contributed by atoms with Gasteiger partial charge in [-0.3, -0.25) is 4.79 Å². The highest BCUT2D eigenvalue weighted by Crippen LogP contribution is 2.31. The van der Waals surface area contributed by atoms with Crippen LogP contribution in [-0.4, -0.2) is 29.6 Å². The fraction of sp³-hybridized carbons (Fsp3) is 0.375. The van der Waals surface area contributed by atoms with E-state index in [1.54, 1.807) is 0 Å². The second kappa shape index (κ2) is 7.93. The Morgan fingerprint density at radius 3 is 2.58 bits per heavy atom. The second-order valence-electron chi connectivity index (χ2n) is 5.65. The van der Waals surface area contributed by atoms with E-state index in [4.69, 9.17) is 10.5 Å². The van der Waals surface area contributed by atoms with E-state index in [9.17, 15) is 4.79 Å². The van der Waals surface area contributed by atoms with Crippen LogP contribution in [-0.2, 0) is 9.53 Å². The molecule has 2 aromatic rings. The number of nitrogens with two attached hydrogens (primary N) is 1. The predicted octanol–water partition coefficient (Wildman–Crippen LogP) is 3.75. The summed E-state index contributed by atoms with van der Waals surface area (Å²) in [5.41, 5.74) is 7.25. The lowest BCUT2D eigenvalue weighted by atomic mass is 9.90. The molecule has 0 saturated carbocycles. The molecule has 24 heavy (non-hydrogen) atoms. The van der Waals surface area contributed by atoms with Crippen molar-refractivity contribution in [2.45, 2.75) is 25.3 Å². The van der Waals surface area contributed by atoms with Gasteiger partial charge in [0.1, 0.15) is 5.54 Å². The van der Waals surface area contributed by atoms with E-state index in [-0.39, 0.29) is 18.3 Å². The van der Waals surface area contributed by atoms with Crippen molar-refractivity contribution in [3.05, 3.63) is 33.6 Å². The molecule has 0 spiro atoms. The SMILES string of the molecule is Cc1sc(NC(=O)C2(N)CCOCC2)nc1-c1ccc(Br)cc1.Cl. The molecule has 1 aromatic carbocycles. The highest BCUT2D eigenvalue weighted by Gasteiger charge is 2.36. The summed E-state index contributed by atoms with van der Waals surface area (Å²) in [5.74, 6) is -0.183. The summed E-state index contributed by atoms with van der Waals surface area (Å²) >= 11 is 4.89. The molecule has 5 nitrogen and oxygen atoms in total. The molecule has 1 aliphatic heterocycles. The molecule has 0 unspecified atom stereocenters. The molecule has 1 saturated heterocycles. The van der Waals surface area contributed by atoms with Crippen molar-refractivity contribution < 1.29 is 9.53 Å². The Morgan fingerprint density at radius 2 is 1.96 bits per heavy atom. The van der Waals surface area contributed by atoms with Crippen molar-refractivity contribution in [2.24, 2.45) is 5.73 Å². The Kier molecular flexibility index (Phi) is 6.39. The minimum atomic E-state index is -0.865. The minimum absolute atomic E-state index is 0. The monoisotopic (exact) mass is 431 g/mol. The average Bonchev–Trinajstić information content (AvgIpc) is 2.89. The number of ether oxygens (including phenoxy) is 1. The third-order valence-corrected chi connectivity index (χ3v) is 5.39. The molecule has 1 aliphatic rings. The van der Waals surface area contributed by atoms with Gasteiger partial charge in [0, 0.05) is 28.1 Å². The Balaban J connectivity index is 0.00000208. The van der Waals surface area contributed by atoms with Crippen molar-refractivity contribution in [3.8, 4) is 11.3 Å². The number of carbonyl (C=O) groups is 1. The van der Waals surface area contributed by atoms with Gasteiger partial charge in [-0.25, -0.2) is 4.98 Å². The number of nitrogens with one attached hydrogen (secondary N) is 1. The van der Waals surface area contributed by atoms with Gasteiger partial charge in [-0.05, 0) is 31.9 Å². The third kappa shape index (κ3) is 4.15. The number of anilines is 1. The van der Waals surface area contributed by atoms with E-state index in [0.29, 0.717) is 31.2 Å². The second-order valence-corrected chi connectivity index (χ2v) is 7.77. The van der Waals surface area contributed by atoms with Crippen LogP contribution in [0.3, 0.4) is 0 Å². The molecule has 2 heterocycles. The van der Waals surface area contributed by atoms with Crippen molar-refractivity contribution in [3.63, 3.8) is 0 Å². The van der Waals surface area contributed by atoms with Gasteiger partial charge in [-0.1, -0.05) is 28.1 Å². The summed E-state index contributed by atoms with van der Waals surface area (Å²) < 4.78 is 6.30. The first-order valence-electron chi connectivity index (χ1n) is 7.39. The van der Waals surface area contributed by atoms with Gasteiger partial charge in [-0.15, -0.1) is 23.7 Å². The number of aryl methyl sites for hydroxylation is 1. The van der Waals surface area contributed by atoms with Gasteiger partial charge < -0.3 is 15.8 Å². The van der Waals surface area contributed by atoms with E-state index in [0.717, 1.165) is 20.6 Å². The number of thiazole rings is 1. The van der Waals surface area contributed by atoms with Gasteiger partial charge in [0.2, 0.25) is 5.91 Å². The number of carbonyl (C=O) groups excluding carboxylic acids is 1. The number of aromatic nitrogens is 1. The van der Waals surface area contributed by atoms with E-state index in [2.05, 4.69) is 26.2 Å². The molecule has 3 rings (SSSR count). The molecule has 0 aliphatic carbocycles. The normalized spacial score (nSPS) is 16.3. The van der Waals surface area contributed by atoms with Crippen LogP contribution in [0.25, 0.3) is 11.3 Å².